The Hall–Kier alpha value is -1.52. The molecule has 1 unspecified atom stereocenters. The molecule has 1 saturated carbocycles. The fourth-order valence-corrected chi connectivity index (χ4v) is 5.21. The van der Waals surface area contributed by atoms with E-state index in [0.29, 0.717) is 23.5 Å². The predicted molar refractivity (Wildman–Crippen MR) is 116 cm³/mol. The molecule has 0 amide bonds. The minimum Gasteiger partial charge on any atom is -0.488 e. The number of ether oxygens (including phenoxy) is 1. The van der Waals surface area contributed by atoms with E-state index in [1.807, 2.05) is 12.1 Å². The number of hydrogen-bond donors (Lipinski definition) is 2. The number of carbonyl (C=O) groups is 1. The van der Waals surface area contributed by atoms with E-state index >= 15 is 0 Å². The van der Waals surface area contributed by atoms with Crippen LogP contribution in [0.25, 0.3) is 0 Å². The molecule has 2 aliphatic rings. The first kappa shape index (κ1) is 22.2. The first-order chi connectivity index (χ1) is 14.0. The molecule has 160 valence electrons. The van der Waals surface area contributed by atoms with Gasteiger partial charge in [0.15, 0.2) is 0 Å². The van der Waals surface area contributed by atoms with Crippen LogP contribution in [-0.2, 0) is 6.42 Å². The zero-order valence-corrected chi connectivity index (χ0v) is 18.2. The average Bonchev–Trinajstić information content (AvgIpc) is 2.98. The lowest BCUT2D eigenvalue weighted by Crippen LogP contribution is -2.24. The zero-order chi connectivity index (χ0) is 21.0. The third-order valence-electron chi connectivity index (χ3n) is 6.73. The number of aryl methyl sites for hydroxylation is 1. The van der Waals surface area contributed by atoms with Crippen LogP contribution in [0.1, 0.15) is 74.7 Å². The summed E-state index contributed by atoms with van der Waals surface area (Å²) in [6.07, 6.45) is 12.0. The number of aliphatic hydroxyl groups excluding tert-OH is 1. The molecule has 1 aromatic rings. The molecular formula is C24H33ClO4. The quantitative estimate of drug-likeness (QED) is 0.514. The van der Waals surface area contributed by atoms with Crippen LogP contribution in [0.5, 0.6) is 5.75 Å². The van der Waals surface area contributed by atoms with Gasteiger partial charge in [-0.3, -0.25) is 0 Å². The van der Waals surface area contributed by atoms with E-state index in [0.717, 1.165) is 56.9 Å². The Morgan fingerprint density at radius 1 is 1.31 bits per heavy atom. The molecule has 0 aromatic heterocycles. The average molecular weight is 421 g/mol. The highest BCUT2D eigenvalue weighted by Crippen LogP contribution is 2.45. The van der Waals surface area contributed by atoms with Crippen LogP contribution in [0.4, 0.5) is 0 Å². The fourth-order valence-electron chi connectivity index (χ4n) is 4.90. The summed E-state index contributed by atoms with van der Waals surface area (Å²) < 4.78 is 6.27. The summed E-state index contributed by atoms with van der Waals surface area (Å²) in [6, 6.07) is 3.41. The number of allylic oxidation sites excluding steroid dienone is 1. The van der Waals surface area contributed by atoms with Gasteiger partial charge in [0.25, 0.3) is 0 Å². The minimum absolute atomic E-state index is 0.0478. The van der Waals surface area contributed by atoms with Crippen LogP contribution in [0.3, 0.4) is 0 Å². The van der Waals surface area contributed by atoms with Crippen molar-refractivity contribution in [1.29, 1.82) is 0 Å². The smallest absolute Gasteiger partial charge is 0.337 e. The highest BCUT2D eigenvalue weighted by atomic mass is 35.5. The van der Waals surface area contributed by atoms with Crippen molar-refractivity contribution in [1.82, 2.24) is 0 Å². The lowest BCUT2D eigenvalue weighted by Gasteiger charge is -2.23. The van der Waals surface area contributed by atoms with Gasteiger partial charge in [-0.2, -0.15) is 0 Å². The van der Waals surface area contributed by atoms with Crippen molar-refractivity contribution in [2.75, 3.05) is 0 Å². The van der Waals surface area contributed by atoms with Crippen LogP contribution < -0.4 is 4.74 Å². The number of fused-ring (bicyclic) bond motifs is 2. The largest absolute Gasteiger partial charge is 0.488 e. The van der Waals surface area contributed by atoms with Gasteiger partial charge in [0, 0.05) is 5.92 Å². The molecule has 0 saturated heterocycles. The maximum Gasteiger partial charge on any atom is 0.337 e. The normalized spacial score (nSPS) is 25.7. The first-order valence-electron chi connectivity index (χ1n) is 11.0. The van der Waals surface area contributed by atoms with E-state index in [2.05, 4.69) is 19.9 Å². The summed E-state index contributed by atoms with van der Waals surface area (Å²) in [7, 11) is 0. The van der Waals surface area contributed by atoms with Gasteiger partial charge in [0.2, 0.25) is 0 Å². The lowest BCUT2D eigenvalue weighted by molar-refractivity contribution is 0.0696. The SMILES string of the molecule is CCCC[C@H](CC)C(O)/C=C/[C@H]1CC[C@@H]2Oc3c(ccc(C(=O)O)c3Cl)CC[C@@H]21. The van der Waals surface area contributed by atoms with Gasteiger partial charge in [-0.25, -0.2) is 4.79 Å². The molecule has 1 fully saturated rings. The molecule has 1 aliphatic heterocycles. The predicted octanol–water partition coefficient (Wildman–Crippen LogP) is 5.89. The number of hydrogen-bond acceptors (Lipinski definition) is 3. The van der Waals surface area contributed by atoms with Crippen molar-refractivity contribution in [2.45, 2.75) is 77.4 Å². The number of carboxylic acid groups (broad SMARTS) is 1. The van der Waals surface area contributed by atoms with Crippen LogP contribution in [-0.4, -0.2) is 28.4 Å². The molecule has 1 aromatic carbocycles. The lowest BCUT2D eigenvalue weighted by atomic mass is 9.87. The van der Waals surface area contributed by atoms with Crippen LogP contribution in [0, 0.1) is 17.8 Å². The Balaban J connectivity index is 1.70. The van der Waals surface area contributed by atoms with Gasteiger partial charge in [-0.15, -0.1) is 0 Å². The maximum atomic E-state index is 11.4. The zero-order valence-electron chi connectivity index (χ0n) is 17.4. The first-order valence-corrected chi connectivity index (χ1v) is 11.4. The Kier molecular flexibility index (Phi) is 7.64. The second kappa shape index (κ2) is 9.99. The minimum atomic E-state index is -1.03. The summed E-state index contributed by atoms with van der Waals surface area (Å²) in [4.78, 5) is 11.4. The molecule has 1 aliphatic carbocycles. The topological polar surface area (TPSA) is 66.8 Å². The summed E-state index contributed by atoms with van der Waals surface area (Å²) in [6.45, 7) is 4.33. The number of benzene rings is 1. The molecule has 0 spiro atoms. The fraction of sp³-hybridized carbons (Fsp3) is 0.625. The molecule has 1 heterocycles. The van der Waals surface area contributed by atoms with Crippen molar-refractivity contribution in [3.63, 3.8) is 0 Å². The molecule has 0 radical (unpaired) electrons. The molecule has 0 bridgehead atoms. The third kappa shape index (κ3) is 4.97. The second-order valence-electron chi connectivity index (χ2n) is 8.51. The van der Waals surface area contributed by atoms with Crippen LogP contribution >= 0.6 is 11.6 Å². The summed E-state index contributed by atoms with van der Waals surface area (Å²) in [5, 5.41) is 20.2. The number of halogens is 1. The van der Waals surface area contributed by atoms with Gasteiger partial charge < -0.3 is 14.9 Å². The number of aromatic carboxylic acids is 1. The Morgan fingerprint density at radius 3 is 2.79 bits per heavy atom. The highest BCUT2D eigenvalue weighted by Gasteiger charge is 2.39. The van der Waals surface area contributed by atoms with E-state index in [1.165, 1.54) is 0 Å². The number of unbranched alkanes of at least 4 members (excludes halogenated alkanes) is 1. The number of rotatable bonds is 8. The van der Waals surface area contributed by atoms with Crippen molar-refractivity contribution < 1.29 is 19.7 Å². The molecular weight excluding hydrogens is 388 g/mol. The molecule has 29 heavy (non-hydrogen) atoms. The van der Waals surface area contributed by atoms with Crippen LogP contribution in [0.2, 0.25) is 5.02 Å². The van der Waals surface area contributed by atoms with E-state index in [1.54, 1.807) is 6.07 Å². The standard InChI is InChI=1S/C24H33ClO4/c1-3-5-6-15(4-2)20(26)13-9-16-10-14-21-18(16)11-7-17-8-12-19(24(27)28)22(25)23(17)29-21/h8-9,12-13,15-16,18,20-21,26H,3-7,10-11,14H2,1-2H3,(H,27,28)/b13-9+/t15-,16-,18+,20?,21-/m0/s1. The van der Waals surface area contributed by atoms with Crippen molar-refractivity contribution in [2.24, 2.45) is 17.8 Å². The summed E-state index contributed by atoms with van der Waals surface area (Å²) >= 11 is 6.36. The van der Waals surface area contributed by atoms with Gasteiger partial charge in [-0.1, -0.05) is 62.9 Å². The molecule has 5 atom stereocenters. The van der Waals surface area contributed by atoms with Gasteiger partial charge >= 0.3 is 5.97 Å². The van der Waals surface area contributed by atoms with Crippen molar-refractivity contribution in [3.05, 3.63) is 40.4 Å². The Morgan fingerprint density at radius 2 is 2.10 bits per heavy atom. The summed E-state index contributed by atoms with van der Waals surface area (Å²) in [5.74, 6) is 0.592. The molecule has 5 heteroatoms. The van der Waals surface area contributed by atoms with E-state index in [4.69, 9.17) is 16.3 Å². The van der Waals surface area contributed by atoms with Gasteiger partial charge in [0.1, 0.15) is 11.9 Å². The Bertz CT molecular complexity index is 745. The van der Waals surface area contributed by atoms with E-state index in [9.17, 15) is 15.0 Å². The second-order valence-corrected chi connectivity index (χ2v) is 8.88. The highest BCUT2D eigenvalue weighted by molar-refractivity contribution is 6.35. The monoisotopic (exact) mass is 420 g/mol. The Labute approximate surface area is 178 Å². The number of carboxylic acids is 1. The van der Waals surface area contributed by atoms with E-state index < -0.39 is 5.97 Å². The van der Waals surface area contributed by atoms with Crippen molar-refractivity contribution in [3.8, 4) is 5.75 Å². The number of aliphatic hydroxyl groups is 1. The third-order valence-corrected chi connectivity index (χ3v) is 7.10. The molecule has 4 nitrogen and oxygen atoms in total. The van der Waals surface area contributed by atoms with E-state index in [-0.39, 0.29) is 22.8 Å². The van der Waals surface area contributed by atoms with Crippen molar-refractivity contribution >= 4 is 17.6 Å². The van der Waals surface area contributed by atoms with Crippen LogP contribution in [0.15, 0.2) is 24.3 Å². The van der Waals surface area contributed by atoms with Gasteiger partial charge in [-0.05, 0) is 55.6 Å². The molecule has 2 N–H and O–H groups in total. The maximum absolute atomic E-state index is 11.4. The summed E-state index contributed by atoms with van der Waals surface area (Å²) in [5.41, 5.74) is 1.09. The van der Waals surface area contributed by atoms with Gasteiger partial charge in [0.05, 0.1) is 16.7 Å². The molecule has 3 rings (SSSR count).